The molecule has 0 amide bonds. The summed E-state index contributed by atoms with van der Waals surface area (Å²) in [6.45, 7) is 5.33. The topological polar surface area (TPSA) is 63.8 Å². The molecule has 4 heteroatoms. The number of aromatic nitrogens is 2. The molecule has 3 N–H and O–H groups in total. The first-order valence-electron chi connectivity index (χ1n) is 5.06. The Morgan fingerprint density at radius 2 is 2.21 bits per heavy atom. The monoisotopic (exact) mass is 192 g/mol. The highest BCUT2D eigenvalue weighted by atomic mass is 15.1. The lowest BCUT2D eigenvalue weighted by Gasteiger charge is -2.09. The molecule has 0 atom stereocenters. The van der Waals surface area contributed by atoms with Crippen LogP contribution in [0.4, 0.5) is 11.8 Å². The molecule has 14 heavy (non-hydrogen) atoms. The van der Waals surface area contributed by atoms with Crippen molar-refractivity contribution in [2.24, 2.45) is 5.92 Å². The lowest BCUT2D eigenvalue weighted by molar-refractivity contribution is 0.631. The first-order valence-corrected chi connectivity index (χ1v) is 5.06. The van der Waals surface area contributed by atoms with Crippen LogP contribution in [0.2, 0.25) is 0 Å². The fraction of sp³-hybridized carbons (Fsp3) is 0.600. The molecular formula is C10H16N4. The van der Waals surface area contributed by atoms with Crippen molar-refractivity contribution >= 4 is 11.8 Å². The fourth-order valence-electron chi connectivity index (χ4n) is 1.82. The largest absolute Gasteiger partial charge is 0.369 e. The van der Waals surface area contributed by atoms with Crippen LogP contribution in [-0.4, -0.2) is 16.5 Å². The number of nitrogens with zero attached hydrogens (tertiary/aromatic N) is 2. The predicted octanol–water partition coefficient (Wildman–Crippen LogP) is 1.23. The second kappa shape index (κ2) is 3.44. The van der Waals surface area contributed by atoms with E-state index in [0.717, 1.165) is 30.9 Å². The molecule has 0 aliphatic carbocycles. The quantitative estimate of drug-likeness (QED) is 0.739. The number of hydrogen-bond acceptors (Lipinski definition) is 4. The van der Waals surface area contributed by atoms with E-state index in [1.165, 1.54) is 5.56 Å². The number of rotatable bonds is 2. The maximum atomic E-state index is 5.65. The van der Waals surface area contributed by atoms with Crippen molar-refractivity contribution in [2.45, 2.75) is 26.7 Å². The van der Waals surface area contributed by atoms with Gasteiger partial charge in [-0.3, -0.25) is 0 Å². The third kappa shape index (κ3) is 1.64. The molecule has 1 aromatic rings. The van der Waals surface area contributed by atoms with Gasteiger partial charge < -0.3 is 11.1 Å². The van der Waals surface area contributed by atoms with Gasteiger partial charge >= 0.3 is 0 Å². The van der Waals surface area contributed by atoms with Gasteiger partial charge in [-0.15, -0.1) is 0 Å². The van der Waals surface area contributed by atoms with Crippen molar-refractivity contribution in [1.82, 2.24) is 9.97 Å². The highest BCUT2D eigenvalue weighted by molar-refractivity contribution is 5.53. The van der Waals surface area contributed by atoms with E-state index in [2.05, 4.69) is 29.1 Å². The van der Waals surface area contributed by atoms with Gasteiger partial charge in [-0.1, -0.05) is 13.8 Å². The van der Waals surface area contributed by atoms with Gasteiger partial charge in [-0.25, -0.2) is 4.98 Å². The molecule has 76 valence electrons. The third-order valence-electron chi connectivity index (χ3n) is 2.38. The van der Waals surface area contributed by atoms with Crippen LogP contribution in [-0.2, 0) is 12.8 Å². The van der Waals surface area contributed by atoms with Crippen LogP contribution >= 0.6 is 0 Å². The number of hydrogen-bond donors (Lipinski definition) is 2. The Morgan fingerprint density at radius 1 is 1.43 bits per heavy atom. The summed E-state index contributed by atoms with van der Waals surface area (Å²) in [7, 11) is 0. The Labute approximate surface area is 83.9 Å². The molecule has 0 aromatic carbocycles. The van der Waals surface area contributed by atoms with Gasteiger partial charge in [-0.2, -0.15) is 4.98 Å². The van der Waals surface area contributed by atoms with Gasteiger partial charge in [-0.05, 0) is 18.8 Å². The second-order valence-electron chi connectivity index (χ2n) is 4.13. The smallest absolute Gasteiger partial charge is 0.222 e. The summed E-state index contributed by atoms with van der Waals surface area (Å²) in [5.41, 5.74) is 8.02. The van der Waals surface area contributed by atoms with Crippen LogP contribution in [0.5, 0.6) is 0 Å². The van der Waals surface area contributed by atoms with E-state index >= 15 is 0 Å². The lowest BCUT2D eigenvalue weighted by Crippen LogP contribution is -2.06. The highest BCUT2D eigenvalue weighted by Crippen LogP contribution is 2.24. The summed E-state index contributed by atoms with van der Waals surface area (Å²) >= 11 is 0. The van der Waals surface area contributed by atoms with E-state index < -0.39 is 0 Å². The molecule has 0 unspecified atom stereocenters. The average Bonchev–Trinajstić information content (AvgIpc) is 2.50. The first-order chi connectivity index (χ1) is 6.66. The number of nitrogen functional groups attached to an aromatic ring is 1. The van der Waals surface area contributed by atoms with Gasteiger partial charge in [0.15, 0.2) is 0 Å². The highest BCUT2D eigenvalue weighted by Gasteiger charge is 2.18. The minimum absolute atomic E-state index is 0.383. The number of anilines is 2. The van der Waals surface area contributed by atoms with Crippen LogP contribution < -0.4 is 11.1 Å². The van der Waals surface area contributed by atoms with Gasteiger partial charge in [0.1, 0.15) is 5.82 Å². The summed E-state index contributed by atoms with van der Waals surface area (Å²) in [5.74, 6) is 1.93. The number of fused-ring (bicyclic) bond motifs is 1. The van der Waals surface area contributed by atoms with Gasteiger partial charge in [0.25, 0.3) is 0 Å². The molecule has 4 nitrogen and oxygen atoms in total. The summed E-state index contributed by atoms with van der Waals surface area (Å²) in [6.07, 6.45) is 2.01. The molecule has 2 heterocycles. The van der Waals surface area contributed by atoms with Crippen LogP contribution in [0.25, 0.3) is 0 Å². The molecule has 0 saturated carbocycles. The average molecular weight is 192 g/mol. The van der Waals surface area contributed by atoms with E-state index in [4.69, 9.17) is 5.73 Å². The lowest BCUT2D eigenvalue weighted by atomic mass is 10.0. The minimum Gasteiger partial charge on any atom is -0.369 e. The normalized spacial score (nSPS) is 14.2. The summed E-state index contributed by atoms with van der Waals surface area (Å²) in [6, 6.07) is 0. The van der Waals surface area contributed by atoms with E-state index in [0.29, 0.717) is 11.9 Å². The summed E-state index contributed by atoms with van der Waals surface area (Å²) in [5, 5.41) is 3.22. The zero-order valence-corrected chi connectivity index (χ0v) is 8.67. The molecular weight excluding hydrogens is 176 g/mol. The van der Waals surface area contributed by atoms with E-state index in [9.17, 15) is 0 Å². The Kier molecular flexibility index (Phi) is 2.27. The van der Waals surface area contributed by atoms with Gasteiger partial charge in [0.05, 0.1) is 5.69 Å². The fourth-order valence-corrected chi connectivity index (χ4v) is 1.82. The Hall–Kier alpha value is -1.32. The first kappa shape index (κ1) is 9.24. The zero-order valence-electron chi connectivity index (χ0n) is 8.67. The third-order valence-corrected chi connectivity index (χ3v) is 2.38. The number of nitrogens with two attached hydrogens (primary N) is 1. The zero-order chi connectivity index (χ0) is 10.1. The molecule has 1 aromatic heterocycles. The standard InChI is InChI=1S/C10H16N4/c1-6(2)5-8-7-3-4-12-9(7)14-10(11)13-8/h6H,3-5H2,1-2H3,(H3,11,12,13,14). The molecule has 1 aliphatic heterocycles. The van der Waals surface area contributed by atoms with Crippen molar-refractivity contribution in [3.63, 3.8) is 0 Å². The molecule has 0 radical (unpaired) electrons. The van der Waals surface area contributed by atoms with E-state index in [1.807, 2.05) is 0 Å². The maximum absolute atomic E-state index is 5.65. The maximum Gasteiger partial charge on any atom is 0.222 e. The molecule has 1 aliphatic rings. The SMILES string of the molecule is CC(C)Cc1nc(N)nc2c1CCN2. The molecule has 0 saturated heterocycles. The van der Waals surface area contributed by atoms with Crippen molar-refractivity contribution < 1.29 is 0 Å². The van der Waals surface area contributed by atoms with Crippen molar-refractivity contribution in [2.75, 3.05) is 17.6 Å². The van der Waals surface area contributed by atoms with Crippen LogP contribution in [0.3, 0.4) is 0 Å². The number of nitrogens with one attached hydrogen (secondary N) is 1. The second-order valence-corrected chi connectivity index (χ2v) is 4.13. The summed E-state index contributed by atoms with van der Waals surface area (Å²) < 4.78 is 0. The molecule has 0 spiro atoms. The van der Waals surface area contributed by atoms with Crippen molar-refractivity contribution in [3.05, 3.63) is 11.3 Å². The Morgan fingerprint density at radius 3 is 2.93 bits per heavy atom. The Bertz CT molecular complexity index is 346. The van der Waals surface area contributed by atoms with Gasteiger partial charge in [0, 0.05) is 12.1 Å². The van der Waals surface area contributed by atoms with Gasteiger partial charge in [0.2, 0.25) is 5.95 Å². The van der Waals surface area contributed by atoms with Crippen molar-refractivity contribution in [1.29, 1.82) is 0 Å². The van der Waals surface area contributed by atoms with Crippen molar-refractivity contribution in [3.8, 4) is 0 Å². The minimum atomic E-state index is 0.383. The predicted molar refractivity (Wildman–Crippen MR) is 57.2 cm³/mol. The molecule has 2 rings (SSSR count). The molecule has 0 bridgehead atoms. The van der Waals surface area contributed by atoms with Crippen LogP contribution in [0.1, 0.15) is 25.1 Å². The van der Waals surface area contributed by atoms with Crippen LogP contribution in [0.15, 0.2) is 0 Å². The molecule has 0 fully saturated rings. The van der Waals surface area contributed by atoms with E-state index in [-0.39, 0.29) is 0 Å². The summed E-state index contributed by atoms with van der Waals surface area (Å²) in [4.78, 5) is 8.49. The van der Waals surface area contributed by atoms with Crippen LogP contribution in [0, 0.1) is 5.92 Å². The Balaban J connectivity index is 2.38. The van der Waals surface area contributed by atoms with E-state index in [1.54, 1.807) is 0 Å².